The third-order valence-corrected chi connectivity index (χ3v) is 7.33. The number of nitrogens with one attached hydrogen (secondary N) is 2. The molecule has 0 unspecified atom stereocenters. The smallest absolute Gasteiger partial charge is 0.291 e. The number of aromatic amines is 1. The number of hydrogen-bond acceptors (Lipinski definition) is 4. The maximum atomic E-state index is 12.6. The van der Waals surface area contributed by atoms with Crippen LogP contribution in [0.15, 0.2) is 35.4 Å². The van der Waals surface area contributed by atoms with Crippen molar-refractivity contribution in [1.29, 1.82) is 0 Å². The van der Waals surface area contributed by atoms with Crippen LogP contribution in [0.5, 0.6) is 5.75 Å². The van der Waals surface area contributed by atoms with Gasteiger partial charge in [0.25, 0.3) is 5.91 Å². The summed E-state index contributed by atoms with van der Waals surface area (Å²) in [5.41, 5.74) is 6.12. The van der Waals surface area contributed by atoms with Gasteiger partial charge in [0.1, 0.15) is 5.75 Å². The van der Waals surface area contributed by atoms with E-state index in [-0.39, 0.29) is 11.3 Å². The van der Waals surface area contributed by atoms with Crippen molar-refractivity contribution in [2.75, 3.05) is 6.61 Å². The van der Waals surface area contributed by atoms with Gasteiger partial charge in [-0.2, -0.15) is 10.2 Å². The highest BCUT2D eigenvalue weighted by molar-refractivity contribution is 6.00. The first-order valence-electron chi connectivity index (χ1n) is 11.2. The normalized spacial score (nSPS) is 29.8. The highest BCUT2D eigenvalue weighted by atomic mass is 16.5. The fourth-order valence-electron chi connectivity index (χ4n) is 6.37. The molecule has 1 aromatic carbocycles. The van der Waals surface area contributed by atoms with Crippen LogP contribution in [0.4, 0.5) is 0 Å². The van der Waals surface area contributed by atoms with Crippen molar-refractivity contribution < 1.29 is 9.53 Å². The first-order chi connectivity index (χ1) is 14.5. The summed E-state index contributed by atoms with van der Waals surface area (Å²) in [5, 5.41) is 11.8. The number of amides is 1. The molecule has 0 saturated heterocycles. The molecule has 2 aromatic rings. The van der Waals surface area contributed by atoms with Gasteiger partial charge in [0.05, 0.1) is 12.3 Å². The SMILES string of the molecule is CCOc1ccc(/C(C)=N/NC(=O)c2cc(C34CC5CC(CC(C5)C3)C4)[nH]n2)cc1. The van der Waals surface area contributed by atoms with Crippen molar-refractivity contribution in [2.45, 2.75) is 57.8 Å². The number of H-pyrrole nitrogens is 1. The summed E-state index contributed by atoms with van der Waals surface area (Å²) >= 11 is 0. The average molecular weight is 407 g/mol. The lowest BCUT2D eigenvalue weighted by atomic mass is 9.49. The molecule has 0 spiro atoms. The predicted molar refractivity (Wildman–Crippen MR) is 116 cm³/mol. The first-order valence-corrected chi connectivity index (χ1v) is 11.2. The Morgan fingerprint density at radius 3 is 2.40 bits per heavy atom. The monoisotopic (exact) mass is 406 g/mol. The second kappa shape index (κ2) is 7.56. The molecule has 1 heterocycles. The fourth-order valence-corrected chi connectivity index (χ4v) is 6.37. The molecule has 0 atom stereocenters. The van der Waals surface area contributed by atoms with E-state index in [0.29, 0.717) is 12.3 Å². The van der Waals surface area contributed by atoms with Crippen molar-refractivity contribution in [3.63, 3.8) is 0 Å². The largest absolute Gasteiger partial charge is 0.494 e. The second-order valence-corrected chi connectivity index (χ2v) is 9.46. The van der Waals surface area contributed by atoms with Gasteiger partial charge < -0.3 is 4.74 Å². The Balaban J connectivity index is 1.26. The van der Waals surface area contributed by atoms with Crippen molar-refractivity contribution in [3.05, 3.63) is 47.3 Å². The van der Waals surface area contributed by atoms with Gasteiger partial charge in [0, 0.05) is 11.1 Å². The van der Waals surface area contributed by atoms with Crippen LogP contribution in [-0.4, -0.2) is 28.4 Å². The van der Waals surface area contributed by atoms with Gasteiger partial charge in [-0.3, -0.25) is 9.89 Å². The molecule has 158 valence electrons. The summed E-state index contributed by atoms with van der Waals surface area (Å²) in [6.45, 7) is 4.47. The number of carbonyl (C=O) groups is 1. The Morgan fingerprint density at radius 2 is 1.80 bits per heavy atom. The van der Waals surface area contributed by atoms with Gasteiger partial charge in [-0.1, -0.05) is 0 Å². The molecule has 6 rings (SSSR count). The molecular formula is C24H30N4O2. The molecule has 1 aromatic heterocycles. The van der Waals surface area contributed by atoms with Crippen LogP contribution >= 0.6 is 0 Å². The molecule has 1 amide bonds. The van der Waals surface area contributed by atoms with E-state index in [1.54, 1.807) is 0 Å². The summed E-state index contributed by atoms with van der Waals surface area (Å²) < 4.78 is 5.46. The Kier molecular flexibility index (Phi) is 4.88. The number of carbonyl (C=O) groups excluding carboxylic acids is 1. The molecule has 0 aliphatic heterocycles. The van der Waals surface area contributed by atoms with Crippen molar-refractivity contribution in [1.82, 2.24) is 15.6 Å². The Hall–Kier alpha value is -2.63. The third-order valence-electron chi connectivity index (χ3n) is 7.33. The van der Waals surface area contributed by atoms with Crippen LogP contribution in [0, 0.1) is 17.8 Å². The van der Waals surface area contributed by atoms with E-state index in [4.69, 9.17) is 4.74 Å². The molecule has 0 radical (unpaired) electrons. The molecule has 4 aliphatic rings. The predicted octanol–water partition coefficient (Wildman–Crippen LogP) is 4.43. The van der Waals surface area contributed by atoms with E-state index in [0.717, 1.165) is 40.5 Å². The zero-order valence-corrected chi connectivity index (χ0v) is 17.8. The Bertz CT molecular complexity index is 925. The topological polar surface area (TPSA) is 79.4 Å². The van der Waals surface area contributed by atoms with Gasteiger partial charge in [0.15, 0.2) is 5.69 Å². The van der Waals surface area contributed by atoms with Crippen LogP contribution in [-0.2, 0) is 5.41 Å². The van der Waals surface area contributed by atoms with E-state index >= 15 is 0 Å². The van der Waals surface area contributed by atoms with E-state index in [1.165, 1.54) is 38.5 Å². The first kappa shape index (κ1) is 19.3. The minimum atomic E-state index is -0.271. The number of hydrogen-bond donors (Lipinski definition) is 2. The molecule has 4 aliphatic carbocycles. The number of ether oxygens (including phenoxy) is 1. The summed E-state index contributed by atoms with van der Waals surface area (Å²) in [7, 11) is 0. The molecule has 6 heteroatoms. The number of aromatic nitrogens is 2. The van der Waals surface area contributed by atoms with Gasteiger partial charge in [-0.25, -0.2) is 5.43 Å². The average Bonchev–Trinajstić information content (AvgIpc) is 3.23. The van der Waals surface area contributed by atoms with E-state index < -0.39 is 0 Å². The van der Waals surface area contributed by atoms with Crippen LogP contribution in [0.3, 0.4) is 0 Å². The highest BCUT2D eigenvalue weighted by Gasteiger charge is 2.52. The standard InChI is InChI=1S/C24H30N4O2/c1-3-30-20-6-4-19(5-7-20)15(2)25-28-23(29)21-11-22(27-26-21)24-12-16-8-17(13-24)10-18(9-16)14-24/h4-7,11,16-18H,3,8-10,12-14H2,1-2H3,(H,26,27)(H,28,29)/b25-15+. The molecule has 4 bridgehead atoms. The number of hydrazone groups is 1. The number of nitrogens with zero attached hydrogens (tertiary/aromatic N) is 2. The molecule has 4 fully saturated rings. The maximum absolute atomic E-state index is 12.6. The zero-order chi connectivity index (χ0) is 20.7. The Morgan fingerprint density at radius 1 is 1.17 bits per heavy atom. The molecule has 2 N–H and O–H groups in total. The van der Waals surface area contributed by atoms with Crippen molar-refractivity contribution in [2.24, 2.45) is 22.9 Å². The van der Waals surface area contributed by atoms with Crippen molar-refractivity contribution >= 4 is 11.6 Å². The van der Waals surface area contributed by atoms with Crippen molar-refractivity contribution in [3.8, 4) is 5.75 Å². The van der Waals surface area contributed by atoms with E-state index in [1.807, 2.05) is 44.2 Å². The maximum Gasteiger partial charge on any atom is 0.291 e. The minimum Gasteiger partial charge on any atom is -0.494 e. The van der Waals surface area contributed by atoms with Crippen LogP contribution in [0.2, 0.25) is 0 Å². The second-order valence-electron chi connectivity index (χ2n) is 9.46. The van der Waals surface area contributed by atoms with Gasteiger partial charge in [-0.05, 0) is 106 Å². The Labute approximate surface area is 177 Å². The lowest BCUT2D eigenvalue weighted by Crippen LogP contribution is -2.48. The summed E-state index contributed by atoms with van der Waals surface area (Å²) in [6.07, 6.45) is 7.95. The summed E-state index contributed by atoms with van der Waals surface area (Å²) in [5.74, 6) is 3.13. The number of rotatable bonds is 6. The van der Waals surface area contributed by atoms with Gasteiger partial charge in [0.2, 0.25) is 0 Å². The lowest BCUT2D eigenvalue weighted by molar-refractivity contribution is -0.00721. The zero-order valence-electron chi connectivity index (χ0n) is 17.8. The van der Waals surface area contributed by atoms with Crippen LogP contribution in [0.1, 0.15) is 74.1 Å². The quantitative estimate of drug-likeness (QED) is 0.550. The van der Waals surface area contributed by atoms with Crippen LogP contribution in [0.25, 0.3) is 0 Å². The summed E-state index contributed by atoms with van der Waals surface area (Å²) in [4.78, 5) is 12.6. The number of benzene rings is 1. The summed E-state index contributed by atoms with van der Waals surface area (Å²) in [6, 6.07) is 9.66. The molecule has 30 heavy (non-hydrogen) atoms. The highest BCUT2D eigenvalue weighted by Crippen LogP contribution is 2.60. The fraction of sp³-hybridized carbons (Fsp3) is 0.542. The molecule has 4 saturated carbocycles. The molecular weight excluding hydrogens is 376 g/mol. The van der Waals surface area contributed by atoms with Gasteiger partial charge >= 0.3 is 0 Å². The van der Waals surface area contributed by atoms with Gasteiger partial charge in [-0.15, -0.1) is 0 Å². The van der Waals surface area contributed by atoms with Crippen LogP contribution < -0.4 is 10.2 Å². The third kappa shape index (κ3) is 3.53. The van der Waals surface area contributed by atoms with E-state index in [2.05, 4.69) is 20.7 Å². The minimum absolute atomic E-state index is 0.210. The molecule has 6 nitrogen and oxygen atoms in total. The lowest BCUT2D eigenvalue weighted by Gasteiger charge is -2.56. The van der Waals surface area contributed by atoms with E-state index in [9.17, 15) is 4.79 Å².